The highest BCUT2D eigenvalue weighted by Crippen LogP contribution is 2.44. The molecule has 8 aromatic carbocycles. The Morgan fingerprint density at radius 1 is 0.481 bits per heavy atom. The molecule has 10 rings (SSSR count). The summed E-state index contributed by atoms with van der Waals surface area (Å²) in [4.78, 5) is 2.43. The first kappa shape index (κ1) is 33.4. The van der Waals surface area contributed by atoms with E-state index in [2.05, 4.69) is 210 Å². The predicted octanol–water partition coefficient (Wildman–Crippen LogP) is 13.1. The average Bonchev–Trinajstić information content (AvgIpc) is 3.60. The highest BCUT2D eigenvalue weighted by atomic mass is 15.3. The summed E-state index contributed by atoms with van der Waals surface area (Å²) in [6.45, 7) is 4.00. The number of fused-ring (bicyclic) bond motifs is 7. The Morgan fingerprint density at radius 2 is 1.06 bits per heavy atom. The third-order valence-electron chi connectivity index (χ3n) is 10.9. The summed E-state index contributed by atoms with van der Waals surface area (Å²) in [5.74, 6) is 0. The van der Waals surface area contributed by atoms with Gasteiger partial charge in [0, 0.05) is 22.2 Å². The molecule has 3 heteroatoms. The van der Waals surface area contributed by atoms with E-state index in [0.717, 1.165) is 11.4 Å². The van der Waals surface area contributed by atoms with E-state index < -0.39 is 0 Å². The van der Waals surface area contributed by atoms with Crippen LogP contribution in [0.25, 0.3) is 65.9 Å². The topological polar surface area (TPSA) is 20.2 Å². The molecule has 1 aliphatic rings. The minimum absolute atomic E-state index is 0.0291. The second kappa shape index (κ2) is 14.2. The van der Waals surface area contributed by atoms with Gasteiger partial charge in [-0.2, -0.15) is 0 Å². The molecule has 0 radical (unpaired) electrons. The molecule has 0 spiro atoms. The maximum atomic E-state index is 3.84. The maximum absolute atomic E-state index is 3.84. The van der Waals surface area contributed by atoms with Crippen LogP contribution in [0.2, 0.25) is 0 Å². The molecule has 0 saturated heterocycles. The van der Waals surface area contributed by atoms with E-state index in [4.69, 9.17) is 0 Å². The lowest BCUT2D eigenvalue weighted by atomic mass is 9.94. The number of nitrogens with one attached hydrogen (secondary N) is 1. The summed E-state index contributed by atoms with van der Waals surface area (Å²) in [6.07, 6.45) is 2.40. The Kier molecular flexibility index (Phi) is 8.78. The molecule has 54 heavy (non-hydrogen) atoms. The number of aromatic nitrogens is 1. The Labute approximate surface area is 317 Å². The third-order valence-corrected chi connectivity index (χ3v) is 10.9. The van der Waals surface area contributed by atoms with E-state index in [1.54, 1.807) is 0 Å². The van der Waals surface area contributed by atoms with Crippen LogP contribution in [0.15, 0.2) is 188 Å². The highest BCUT2D eigenvalue weighted by Gasteiger charge is 2.30. The first-order valence-corrected chi connectivity index (χ1v) is 19.1. The zero-order valence-electron chi connectivity index (χ0n) is 30.9. The van der Waals surface area contributed by atoms with E-state index in [1.165, 1.54) is 71.2 Å². The fraction of sp³-hybridized carbons (Fsp3) is 0.0980. The lowest BCUT2D eigenvalue weighted by molar-refractivity contribution is 0.176. The number of likely N-dealkylation sites (N-methyl/N-ethyl adjacent to an activating group) is 1. The smallest absolute Gasteiger partial charge is 0.106 e. The van der Waals surface area contributed by atoms with Crippen LogP contribution >= 0.6 is 0 Å². The summed E-state index contributed by atoms with van der Waals surface area (Å²) in [6, 6.07) is 66.2. The molecule has 1 N–H and O–H groups in total. The van der Waals surface area contributed by atoms with Crippen LogP contribution < -0.4 is 5.32 Å². The molecule has 0 fully saturated rings. The minimum atomic E-state index is 0.0291. The third kappa shape index (κ3) is 5.65. The molecule has 1 aliphatic heterocycles. The average molecular weight is 698 g/mol. The molecule has 0 aliphatic carbocycles. The normalized spacial score (nSPS) is 15.9. The number of rotatable bonds is 5. The number of hydrogen-bond acceptors (Lipinski definition) is 2. The molecule has 2 heterocycles. The Balaban J connectivity index is 0.00000189. The van der Waals surface area contributed by atoms with Crippen molar-refractivity contribution >= 4 is 49.0 Å². The number of benzene rings is 8. The van der Waals surface area contributed by atoms with Gasteiger partial charge in [0.25, 0.3) is 0 Å². The van der Waals surface area contributed by atoms with Gasteiger partial charge >= 0.3 is 0 Å². The van der Waals surface area contributed by atoms with Crippen molar-refractivity contribution in [1.29, 1.82) is 0 Å². The van der Waals surface area contributed by atoms with E-state index in [-0.39, 0.29) is 12.2 Å². The van der Waals surface area contributed by atoms with Gasteiger partial charge < -0.3 is 9.88 Å². The molecule has 262 valence electrons. The van der Waals surface area contributed by atoms with Crippen molar-refractivity contribution in [1.82, 2.24) is 14.8 Å². The van der Waals surface area contributed by atoms with E-state index in [9.17, 15) is 0 Å². The quantitative estimate of drug-likeness (QED) is 0.193. The molecule has 2 unspecified atom stereocenters. The lowest BCUT2D eigenvalue weighted by Gasteiger charge is -2.40. The fourth-order valence-electron chi connectivity index (χ4n) is 8.41. The fourth-order valence-corrected chi connectivity index (χ4v) is 8.41. The van der Waals surface area contributed by atoms with Crippen molar-refractivity contribution in [3.8, 4) is 16.8 Å². The zero-order chi connectivity index (χ0) is 36.6. The van der Waals surface area contributed by atoms with Crippen LogP contribution in [0.1, 0.15) is 42.7 Å². The van der Waals surface area contributed by atoms with Crippen molar-refractivity contribution in [2.45, 2.75) is 26.1 Å². The van der Waals surface area contributed by atoms with Gasteiger partial charge in [-0.3, -0.25) is 4.90 Å². The Morgan fingerprint density at radius 3 is 1.76 bits per heavy atom. The monoisotopic (exact) mass is 697 g/mol. The largest absolute Gasteiger partial charge is 0.366 e. The summed E-state index contributed by atoms with van der Waals surface area (Å²) < 4.78 is 2.48. The van der Waals surface area contributed by atoms with Crippen molar-refractivity contribution < 1.29 is 0 Å². The molecule has 0 amide bonds. The Bertz CT molecular complexity index is 2760. The predicted molar refractivity (Wildman–Crippen MR) is 230 cm³/mol. The summed E-state index contributed by atoms with van der Waals surface area (Å²) in [5, 5.41) is 11.5. The van der Waals surface area contributed by atoms with Crippen LogP contribution in [-0.4, -0.2) is 16.5 Å². The van der Waals surface area contributed by atoms with E-state index >= 15 is 0 Å². The maximum Gasteiger partial charge on any atom is 0.106 e. The second-order valence-corrected chi connectivity index (χ2v) is 13.9. The SMILES string of the molecule is CC.CN1C(c2ccc(-n3c4ccc5ccccc5c4c4c5ccccc5c(-c5ccccc5)cc43)cc2)C=C(c2ccccc2)NC1c1ccccc1. The number of nitrogens with zero attached hydrogens (tertiary/aromatic N) is 2. The minimum Gasteiger partial charge on any atom is -0.366 e. The van der Waals surface area contributed by atoms with Gasteiger partial charge in [-0.1, -0.05) is 172 Å². The molecule has 3 nitrogen and oxygen atoms in total. The van der Waals surface area contributed by atoms with Gasteiger partial charge in [-0.25, -0.2) is 0 Å². The molecule has 0 saturated carbocycles. The van der Waals surface area contributed by atoms with Crippen LogP contribution in [0.5, 0.6) is 0 Å². The molecular formula is C51H43N3. The van der Waals surface area contributed by atoms with Crippen LogP contribution in [-0.2, 0) is 0 Å². The van der Waals surface area contributed by atoms with Gasteiger partial charge in [0.05, 0.1) is 17.1 Å². The van der Waals surface area contributed by atoms with Gasteiger partial charge in [-0.05, 0) is 86.8 Å². The summed E-state index contributed by atoms with van der Waals surface area (Å²) in [5.41, 5.74) is 10.9. The van der Waals surface area contributed by atoms with Crippen molar-refractivity contribution in [3.63, 3.8) is 0 Å². The summed E-state index contributed by atoms with van der Waals surface area (Å²) >= 11 is 0. The zero-order valence-corrected chi connectivity index (χ0v) is 30.9. The van der Waals surface area contributed by atoms with Gasteiger partial charge in [0.2, 0.25) is 0 Å². The van der Waals surface area contributed by atoms with Gasteiger partial charge in [-0.15, -0.1) is 0 Å². The van der Waals surface area contributed by atoms with Crippen LogP contribution in [0.4, 0.5) is 0 Å². The van der Waals surface area contributed by atoms with Crippen molar-refractivity contribution in [2.24, 2.45) is 0 Å². The molecule has 9 aromatic rings. The van der Waals surface area contributed by atoms with Crippen molar-refractivity contribution in [2.75, 3.05) is 7.05 Å². The standard InChI is InChI=1S/C49H37N3.C2H6/c1-51-45(32-43(35-18-7-3-8-19-35)50-49(51)37-20-9-4-10-21-37)36-25-28-38(29-26-36)52-44-30-27-34-17-11-12-22-39(34)47(44)48-41-24-14-13-23-40(41)42(31-46(48)52)33-15-5-2-6-16-33;1-2/h2-32,45,49-50H,1H3;1-2H3. The highest BCUT2D eigenvalue weighted by molar-refractivity contribution is 6.30. The summed E-state index contributed by atoms with van der Waals surface area (Å²) in [7, 11) is 2.22. The lowest BCUT2D eigenvalue weighted by Crippen LogP contribution is -2.41. The molecular weight excluding hydrogens is 655 g/mol. The van der Waals surface area contributed by atoms with Crippen LogP contribution in [0.3, 0.4) is 0 Å². The molecule has 1 aromatic heterocycles. The first-order chi connectivity index (χ1) is 26.7. The Hall–Kier alpha value is -6.42. The van der Waals surface area contributed by atoms with E-state index in [1.807, 2.05) is 13.8 Å². The second-order valence-electron chi connectivity index (χ2n) is 13.9. The molecule has 0 bridgehead atoms. The number of hydrogen-bond donors (Lipinski definition) is 1. The van der Waals surface area contributed by atoms with Gasteiger partial charge in [0.1, 0.15) is 6.17 Å². The van der Waals surface area contributed by atoms with Gasteiger partial charge in [0.15, 0.2) is 0 Å². The van der Waals surface area contributed by atoms with E-state index in [0.29, 0.717) is 0 Å². The van der Waals surface area contributed by atoms with Crippen LogP contribution in [0, 0.1) is 0 Å². The molecule has 2 atom stereocenters. The first-order valence-electron chi connectivity index (χ1n) is 19.1. The van der Waals surface area contributed by atoms with Crippen molar-refractivity contribution in [3.05, 3.63) is 205 Å².